The van der Waals surface area contributed by atoms with E-state index in [1.165, 1.54) is 27.9 Å². The molecule has 2 aliphatic rings. The van der Waals surface area contributed by atoms with Gasteiger partial charge in [0.05, 0.1) is 12.7 Å². The molecule has 0 saturated carbocycles. The fourth-order valence-electron chi connectivity index (χ4n) is 2.88. The zero-order valence-corrected chi connectivity index (χ0v) is 23.1. The van der Waals surface area contributed by atoms with Crippen molar-refractivity contribution >= 4 is 23.7 Å². The Morgan fingerprint density at radius 2 is 1.64 bits per heavy atom. The first-order valence-electron chi connectivity index (χ1n) is 12.1. The number of likely N-dealkylation sites (tertiary alicyclic amines) is 1. The van der Waals surface area contributed by atoms with E-state index in [9.17, 15) is 14.4 Å². The molecular weight excluding hydrogens is 506 g/mol. The Bertz CT molecular complexity index is 1230. The SMILES string of the molecule is CN1CCCCC1=O.CN1CCN=C1N.Cn1cc(C(=O)O)nn1.Cn1ccc(N)n1.Cn1ccccc1=O. The normalized spacial score (nSPS) is 13.8. The number of likely N-dealkylation sites (N-methyl/N-ethyl adjacent to an activating group) is 1. The van der Waals surface area contributed by atoms with Crippen LogP contribution in [-0.4, -0.2) is 95.8 Å². The molecule has 0 unspecified atom stereocenters. The van der Waals surface area contributed by atoms with Crippen molar-refractivity contribution in [1.29, 1.82) is 0 Å². The lowest BCUT2D eigenvalue weighted by molar-refractivity contribution is -0.131. The van der Waals surface area contributed by atoms with Crippen molar-refractivity contribution in [2.24, 2.45) is 31.9 Å². The summed E-state index contributed by atoms with van der Waals surface area (Å²) >= 11 is 0. The number of rotatable bonds is 1. The molecule has 3 aromatic heterocycles. The minimum Gasteiger partial charge on any atom is -0.476 e. The number of nitrogens with two attached hydrogens (primary N) is 2. The molecule has 15 nitrogen and oxygen atoms in total. The van der Waals surface area contributed by atoms with E-state index < -0.39 is 5.97 Å². The van der Waals surface area contributed by atoms with Crippen molar-refractivity contribution in [2.75, 3.05) is 39.5 Å². The van der Waals surface area contributed by atoms with Gasteiger partial charge in [-0.25, -0.2) is 4.79 Å². The third kappa shape index (κ3) is 13.4. The van der Waals surface area contributed by atoms with E-state index in [2.05, 4.69) is 20.4 Å². The van der Waals surface area contributed by atoms with Gasteiger partial charge in [-0.1, -0.05) is 11.3 Å². The van der Waals surface area contributed by atoms with Crippen LogP contribution in [-0.2, 0) is 25.9 Å². The number of nitrogen functional groups attached to an aromatic ring is 1. The highest BCUT2D eigenvalue weighted by molar-refractivity contribution is 5.84. The Kier molecular flexibility index (Phi) is 14.0. The van der Waals surface area contributed by atoms with Crippen LogP contribution in [0.2, 0.25) is 0 Å². The van der Waals surface area contributed by atoms with E-state index in [1.807, 2.05) is 32.1 Å². The third-order valence-electron chi connectivity index (χ3n) is 5.22. The van der Waals surface area contributed by atoms with Gasteiger partial charge < -0.3 is 30.9 Å². The largest absolute Gasteiger partial charge is 0.476 e. The van der Waals surface area contributed by atoms with E-state index in [0.717, 1.165) is 32.5 Å². The molecule has 5 rings (SSSR count). The molecule has 0 aliphatic carbocycles. The lowest BCUT2D eigenvalue weighted by Crippen LogP contribution is -2.31. The second-order valence-electron chi connectivity index (χ2n) is 8.58. The Morgan fingerprint density at radius 3 is 1.90 bits per heavy atom. The predicted octanol–water partition coefficient (Wildman–Crippen LogP) is -0.224. The van der Waals surface area contributed by atoms with Crippen LogP contribution >= 0.6 is 0 Å². The fraction of sp³-hybridized carbons (Fsp3) is 0.458. The third-order valence-corrected chi connectivity index (χ3v) is 5.22. The molecule has 15 heteroatoms. The monoisotopic (exact) mass is 545 g/mol. The van der Waals surface area contributed by atoms with E-state index in [0.29, 0.717) is 17.7 Å². The van der Waals surface area contributed by atoms with Crippen molar-refractivity contribution in [3.05, 3.63) is 58.9 Å². The second-order valence-corrected chi connectivity index (χ2v) is 8.58. The van der Waals surface area contributed by atoms with Gasteiger partial charge >= 0.3 is 5.97 Å². The number of anilines is 1. The molecule has 0 aromatic carbocycles. The summed E-state index contributed by atoms with van der Waals surface area (Å²) in [5, 5.41) is 18.8. The van der Waals surface area contributed by atoms with Crippen LogP contribution in [0.1, 0.15) is 29.8 Å². The summed E-state index contributed by atoms with van der Waals surface area (Å²) in [6.45, 7) is 2.80. The fourth-order valence-corrected chi connectivity index (χ4v) is 2.88. The number of pyridine rings is 1. The molecule has 3 aromatic rings. The lowest BCUT2D eigenvalue weighted by Gasteiger charge is -2.21. The molecule has 214 valence electrons. The average molecular weight is 546 g/mol. The maximum absolute atomic E-state index is 10.7. The molecule has 5 N–H and O–H groups in total. The van der Waals surface area contributed by atoms with E-state index >= 15 is 0 Å². The number of aromatic carboxylic acids is 1. The van der Waals surface area contributed by atoms with Gasteiger partial charge in [0.2, 0.25) is 11.5 Å². The molecule has 1 amide bonds. The first-order valence-corrected chi connectivity index (χ1v) is 12.1. The zero-order chi connectivity index (χ0) is 29.4. The summed E-state index contributed by atoms with van der Waals surface area (Å²) in [7, 11) is 8.96. The number of hydrogen-bond donors (Lipinski definition) is 3. The number of piperidine rings is 1. The number of aliphatic imine (C=N–C) groups is 1. The summed E-state index contributed by atoms with van der Waals surface area (Å²) in [5.41, 5.74) is 10.6. The Morgan fingerprint density at radius 1 is 0.923 bits per heavy atom. The van der Waals surface area contributed by atoms with Crippen LogP contribution in [0.3, 0.4) is 0 Å². The van der Waals surface area contributed by atoms with Crippen LogP contribution in [0.4, 0.5) is 5.82 Å². The molecule has 1 saturated heterocycles. The van der Waals surface area contributed by atoms with Crippen LogP contribution in [0.15, 0.2) is 52.6 Å². The van der Waals surface area contributed by atoms with Crippen molar-refractivity contribution in [1.82, 2.24) is 39.1 Å². The highest BCUT2D eigenvalue weighted by Gasteiger charge is 2.12. The topological polar surface area (TPSA) is 196 Å². The number of aromatic nitrogens is 6. The van der Waals surface area contributed by atoms with E-state index in [-0.39, 0.29) is 11.3 Å². The van der Waals surface area contributed by atoms with Crippen molar-refractivity contribution in [3.8, 4) is 0 Å². The molecule has 1 fully saturated rings. The van der Waals surface area contributed by atoms with Gasteiger partial charge in [-0.15, -0.1) is 5.10 Å². The van der Waals surface area contributed by atoms with Crippen molar-refractivity contribution in [3.63, 3.8) is 0 Å². The zero-order valence-electron chi connectivity index (χ0n) is 23.1. The van der Waals surface area contributed by atoms with Gasteiger partial charge in [0.25, 0.3) is 0 Å². The first kappa shape index (κ1) is 32.3. The minimum atomic E-state index is -1.05. The number of aryl methyl sites for hydroxylation is 3. The molecular formula is C24H39N11O4. The summed E-state index contributed by atoms with van der Waals surface area (Å²) in [5.74, 6) is 0.488. The van der Waals surface area contributed by atoms with E-state index in [1.54, 1.807) is 48.2 Å². The van der Waals surface area contributed by atoms with Gasteiger partial charge in [-0.2, -0.15) is 5.10 Å². The number of carboxylic acids is 1. The number of guanidine groups is 1. The smallest absolute Gasteiger partial charge is 0.358 e. The predicted molar refractivity (Wildman–Crippen MR) is 148 cm³/mol. The summed E-state index contributed by atoms with van der Waals surface area (Å²) in [6.07, 6.45) is 7.89. The average Bonchev–Trinajstić information content (AvgIpc) is 3.61. The van der Waals surface area contributed by atoms with Crippen LogP contribution in [0.25, 0.3) is 0 Å². The molecule has 0 atom stereocenters. The van der Waals surface area contributed by atoms with Gasteiger partial charge in [0.1, 0.15) is 5.82 Å². The number of carbonyl (C=O) groups excluding carboxylic acids is 1. The van der Waals surface area contributed by atoms with Gasteiger partial charge in [-0.05, 0) is 25.0 Å². The number of carbonyl (C=O) groups is 2. The highest BCUT2D eigenvalue weighted by atomic mass is 16.4. The highest BCUT2D eigenvalue weighted by Crippen LogP contribution is 2.06. The minimum absolute atomic E-state index is 0.0301. The Hall–Kier alpha value is -4.69. The van der Waals surface area contributed by atoms with Crippen LogP contribution < -0.4 is 17.0 Å². The lowest BCUT2D eigenvalue weighted by atomic mass is 10.1. The van der Waals surface area contributed by atoms with Crippen molar-refractivity contribution in [2.45, 2.75) is 19.3 Å². The van der Waals surface area contributed by atoms with Crippen LogP contribution in [0.5, 0.6) is 0 Å². The van der Waals surface area contributed by atoms with E-state index in [4.69, 9.17) is 16.6 Å². The summed E-state index contributed by atoms with van der Waals surface area (Å²) in [6, 6.07) is 6.82. The number of nitrogens with zero attached hydrogens (tertiary/aromatic N) is 9. The number of carboxylic acid groups (broad SMARTS) is 1. The first-order chi connectivity index (χ1) is 18.4. The molecule has 39 heavy (non-hydrogen) atoms. The summed E-state index contributed by atoms with van der Waals surface area (Å²) < 4.78 is 4.53. The molecule has 0 bridgehead atoms. The second kappa shape index (κ2) is 16.9. The maximum atomic E-state index is 10.7. The number of amides is 1. The van der Waals surface area contributed by atoms with Gasteiger partial charge in [0.15, 0.2) is 11.7 Å². The molecule has 2 aliphatic heterocycles. The van der Waals surface area contributed by atoms with Crippen LogP contribution in [0, 0.1) is 0 Å². The van der Waals surface area contributed by atoms with Gasteiger partial charge in [-0.3, -0.25) is 23.9 Å². The Labute approximate surface area is 227 Å². The quantitative estimate of drug-likeness (QED) is 0.367. The molecule has 5 heterocycles. The number of hydrogen-bond acceptors (Lipinski definition) is 10. The van der Waals surface area contributed by atoms with Gasteiger partial charge in [0, 0.05) is 73.2 Å². The maximum Gasteiger partial charge on any atom is 0.358 e. The molecule has 0 radical (unpaired) electrons. The summed E-state index contributed by atoms with van der Waals surface area (Å²) in [4.78, 5) is 39.1. The standard InChI is InChI=1S/C6H11NO.C6H7NO.C4H5N3O2.C4H9N3.C4H7N3/c2*1-7-5-3-2-4-6(7)8;1-7-2-3(4(8)9)5-6-7;1-7-3-2-6-4(7)5;1-7-3-2-4(5)6-7/h2-5H2,1H3;2-5H,1H3;2H,1H3,(H,8,9);2-3H2,1H3,(H2,5,6);2-3H,1H3,(H2,5,6). The Balaban J connectivity index is 0.000000244. The van der Waals surface area contributed by atoms with Crippen molar-refractivity contribution < 1.29 is 14.7 Å². The molecule has 0 spiro atoms.